The maximum absolute atomic E-state index is 12.5. The lowest BCUT2D eigenvalue weighted by Crippen LogP contribution is -2.54. The zero-order valence-corrected chi connectivity index (χ0v) is 16.0. The third-order valence-electron chi connectivity index (χ3n) is 4.75. The van der Waals surface area contributed by atoms with Crippen molar-refractivity contribution in [3.63, 3.8) is 0 Å². The summed E-state index contributed by atoms with van der Waals surface area (Å²) in [5, 5.41) is 2.90. The number of ketones is 1. The zero-order valence-electron chi connectivity index (χ0n) is 16.0. The van der Waals surface area contributed by atoms with Crippen LogP contribution in [0.2, 0.25) is 0 Å². The number of amides is 2. The molecule has 142 valence electrons. The minimum atomic E-state index is -0.255. The monoisotopic (exact) mass is 360 g/mol. The lowest BCUT2D eigenvalue weighted by atomic mass is 10.1. The van der Waals surface area contributed by atoms with Gasteiger partial charge in [0.15, 0.2) is 5.78 Å². The number of rotatable bonds is 6. The first kappa shape index (κ1) is 20.1. The van der Waals surface area contributed by atoms with Crippen LogP contribution in [-0.4, -0.2) is 85.2 Å². The first-order valence-electron chi connectivity index (χ1n) is 8.86. The van der Waals surface area contributed by atoms with E-state index in [2.05, 4.69) is 15.1 Å². The molecule has 2 rings (SSSR count). The summed E-state index contributed by atoms with van der Waals surface area (Å²) >= 11 is 0. The van der Waals surface area contributed by atoms with E-state index in [9.17, 15) is 14.4 Å². The van der Waals surface area contributed by atoms with Gasteiger partial charge in [-0.15, -0.1) is 0 Å². The Morgan fingerprint density at radius 3 is 2.15 bits per heavy atom. The number of Topliss-reactive ketones (excluding diaryl/α,β-unsaturated/α-hetero) is 1. The normalized spacial score (nSPS) is 16.8. The largest absolute Gasteiger partial charge is 0.348 e. The molecule has 1 aliphatic heterocycles. The molecule has 1 N–H and O–H groups in total. The van der Waals surface area contributed by atoms with Crippen molar-refractivity contribution in [3.05, 3.63) is 29.8 Å². The summed E-state index contributed by atoms with van der Waals surface area (Å²) in [7, 11) is 3.52. The molecule has 26 heavy (non-hydrogen) atoms. The highest BCUT2D eigenvalue weighted by molar-refractivity contribution is 5.97. The molecule has 0 radical (unpaired) electrons. The van der Waals surface area contributed by atoms with Crippen LogP contribution in [0.3, 0.4) is 0 Å². The van der Waals surface area contributed by atoms with Crippen LogP contribution in [0.5, 0.6) is 0 Å². The molecule has 0 aromatic heterocycles. The molecule has 7 nitrogen and oxygen atoms in total. The Labute approximate surface area is 154 Å². The number of nitrogens with one attached hydrogen (secondary N) is 1. The standard InChI is InChI=1S/C19H28N4O3/c1-14(19(26)20-17-7-5-16(6-8-17)15(2)24)23-11-9-22(10-12-23)13-18(25)21(3)4/h5-8,14H,9-13H2,1-4H3,(H,20,26)/t14-/m1/s1. The topological polar surface area (TPSA) is 73.0 Å². The number of carbonyl (C=O) groups excluding carboxylic acids is 3. The van der Waals surface area contributed by atoms with Crippen molar-refractivity contribution in [2.75, 3.05) is 52.1 Å². The lowest BCUT2D eigenvalue weighted by molar-refractivity contribution is -0.131. The number of anilines is 1. The van der Waals surface area contributed by atoms with E-state index < -0.39 is 0 Å². The summed E-state index contributed by atoms with van der Waals surface area (Å²) in [6, 6.07) is 6.65. The Bertz CT molecular complexity index is 649. The maximum Gasteiger partial charge on any atom is 0.241 e. The molecule has 0 saturated carbocycles. The molecular weight excluding hydrogens is 332 g/mol. The maximum atomic E-state index is 12.5. The average Bonchev–Trinajstić information content (AvgIpc) is 2.62. The van der Waals surface area contributed by atoms with Crippen molar-refractivity contribution in [1.29, 1.82) is 0 Å². The van der Waals surface area contributed by atoms with Gasteiger partial charge in [0.05, 0.1) is 12.6 Å². The molecule has 0 aliphatic carbocycles. The van der Waals surface area contributed by atoms with E-state index in [1.807, 2.05) is 6.92 Å². The zero-order chi connectivity index (χ0) is 19.3. The van der Waals surface area contributed by atoms with Gasteiger partial charge < -0.3 is 10.2 Å². The fourth-order valence-electron chi connectivity index (χ4n) is 2.84. The highest BCUT2D eigenvalue weighted by Crippen LogP contribution is 2.13. The van der Waals surface area contributed by atoms with Crippen molar-refractivity contribution in [3.8, 4) is 0 Å². The average molecular weight is 360 g/mol. The van der Waals surface area contributed by atoms with Crippen LogP contribution in [0, 0.1) is 0 Å². The highest BCUT2D eigenvalue weighted by Gasteiger charge is 2.26. The van der Waals surface area contributed by atoms with E-state index >= 15 is 0 Å². The number of nitrogens with zero attached hydrogens (tertiary/aromatic N) is 3. The molecule has 1 saturated heterocycles. The molecule has 1 heterocycles. The van der Waals surface area contributed by atoms with Crippen molar-refractivity contribution in [2.45, 2.75) is 19.9 Å². The Balaban J connectivity index is 1.83. The van der Waals surface area contributed by atoms with E-state index in [-0.39, 0.29) is 23.6 Å². The highest BCUT2D eigenvalue weighted by atomic mass is 16.2. The number of piperazine rings is 1. The second kappa shape index (κ2) is 8.91. The van der Waals surface area contributed by atoms with Gasteiger partial charge in [-0.05, 0) is 38.1 Å². The minimum absolute atomic E-state index is 0.00173. The van der Waals surface area contributed by atoms with Gasteiger partial charge in [0, 0.05) is 51.5 Å². The van der Waals surface area contributed by atoms with Crippen LogP contribution in [-0.2, 0) is 9.59 Å². The number of hydrogen-bond donors (Lipinski definition) is 1. The molecular formula is C19H28N4O3. The quantitative estimate of drug-likeness (QED) is 0.764. The van der Waals surface area contributed by atoms with Crippen LogP contribution < -0.4 is 5.32 Å². The van der Waals surface area contributed by atoms with Gasteiger partial charge in [0.25, 0.3) is 0 Å². The van der Waals surface area contributed by atoms with Gasteiger partial charge in [-0.2, -0.15) is 0 Å². The molecule has 1 atom stereocenters. The van der Waals surface area contributed by atoms with Crippen LogP contribution >= 0.6 is 0 Å². The van der Waals surface area contributed by atoms with Crippen LogP contribution in [0.1, 0.15) is 24.2 Å². The van der Waals surface area contributed by atoms with Crippen molar-refractivity contribution < 1.29 is 14.4 Å². The summed E-state index contributed by atoms with van der Waals surface area (Å²) in [6.45, 7) is 6.86. The molecule has 1 aromatic carbocycles. The minimum Gasteiger partial charge on any atom is -0.348 e. The van der Waals surface area contributed by atoms with Crippen LogP contribution in [0.25, 0.3) is 0 Å². The second-order valence-electron chi connectivity index (χ2n) is 6.90. The van der Waals surface area contributed by atoms with Gasteiger partial charge in [0.2, 0.25) is 11.8 Å². The Kier molecular flexibility index (Phi) is 6.88. The van der Waals surface area contributed by atoms with Crippen molar-refractivity contribution in [1.82, 2.24) is 14.7 Å². The van der Waals surface area contributed by atoms with Crippen LogP contribution in [0.4, 0.5) is 5.69 Å². The predicted octanol–water partition coefficient (Wildman–Crippen LogP) is 0.922. The summed E-state index contributed by atoms with van der Waals surface area (Å²) in [4.78, 5) is 41.4. The summed E-state index contributed by atoms with van der Waals surface area (Å²) < 4.78 is 0. The molecule has 0 unspecified atom stereocenters. The summed E-state index contributed by atoms with van der Waals surface area (Å²) in [5.41, 5.74) is 1.31. The van der Waals surface area contributed by atoms with Gasteiger partial charge in [0.1, 0.15) is 0 Å². The molecule has 0 bridgehead atoms. The number of carbonyl (C=O) groups is 3. The van der Waals surface area contributed by atoms with Gasteiger partial charge in [-0.1, -0.05) is 0 Å². The number of likely N-dealkylation sites (N-methyl/N-ethyl adjacent to an activating group) is 1. The molecule has 1 aliphatic rings. The lowest BCUT2D eigenvalue weighted by Gasteiger charge is -2.37. The summed E-state index contributed by atoms with van der Waals surface area (Å²) in [5.74, 6) is 0.0264. The molecule has 1 aromatic rings. The Morgan fingerprint density at radius 1 is 1.08 bits per heavy atom. The van der Waals surface area contributed by atoms with Gasteiger partial charge in [-0.25, -0.2) is 0 Å². The Hall–Kier alpha value is -2.25. The Morgan fingerprint density at radius 2 is 1.65 bits per heavy atom. The SMILES string of the molecule is CC(=O)c1ccc(NC(=O)[C@@H](C)N2CCN(CC(=O)N(C)C)CC2)cc1. The third-order valence-corrected chi connectivity index (χ3v) is 4.75. The molecule has 1 fully saturated rings. The molecule has 7 heteroatoms. The van der Waals surface area contributed by atoms with Gasteiger partial charge >= 0.3 is 0 Å². The van der Waals surface area contributed by atoms with Gasteiger partial charge in [-0.3, -0.25) is 24.2 Å². The van der Waals surface area contributed by atoms with E-state index in [0.717, 1.165) is 26.2 Å². The van der Waals surface area contributed by atoms with Crippen molar-refractivity contribution in [2.24, 2.45) is 0 Å². The fraction of sp³-hybridized carbons (Fsp3) is 0.526. The number of benzene rings is 1. The molecule has 0 spiro atoms. The van der Waals surface area contributed by atoms with Crippen LogP contribution in [0.15, 0.2) is 24.3 Å². The fourth-order valence-corrected chi connectivity index (χ4v) is 2.84. The van der Waals surface area contributed by atoms with Crippen molar-refractivity contribution >= 4 is 23.3 Å². The van der Waals surface area contributed by atoms with E-state index in [1.165, 1.54) is 6.92 Å². The molecule has 2 amide bonds. The first-order chi connectivity index (χ1) is 12.3. The summed E-state index contributed by atoms with van der Waals surface area (Å²) in [6.07, 6.45) is 0. The third kappa shape index (κ3) is 5.37. The van der Waals surface area contributed by atoms with E-state index in [1.54, 1.807) is 43.3 Å². The first-order valence-corrected chi connectivity index (χ1v) is 8.86. The van der Waals surface area contributed by atoms with E-state index in [4.69, 9.17) is 0 Å². The van der Waals surface area contributed by atoms with E-state index in [0.29, 0.717) is 17.8 Å². The predicted molar refractivity (Wildman–Crippen MR) is 101 cm³/mol. The smallest absolute Gasteiger partial charge is 0.241 e. The number of hydrogen-bond acceptors (Lipinski definition) is 5. The second-order valence-corrected chi connectivity index (χ2v) is 6.90.